The van der Waals surface area contributed by atoms with Gasteiger partial charge in [-0.05, 0) is 39.3 Å². The maximum atomic E-state index is 12.3. The van der Waals surface area contributed by atoms with Gasteiger partial charge in [0.2, 0.25) is 0 Å². The second kappa shape index (κ2) is 8.84. The lowest BCUT2D eigenvalue weighted by atomic mass is 10.1. The third kappa shape index (κ3) is 4.58. The van der Waals surface area contributed by atoms with Crippen LogP contribution in [0.1, 0.15) is 45.4 Å². The molecule has 2 N–H and O–H groups in total. The molecule has 7 nitrogen and oxygen atoms in total. The molecule has 2 heterocycles. The molecule has 0 atom stereocenters. The number of morpholine rings is 1. The van der Waals surface area contributed by atoms with E-state index in [4.69, 9.17) is 9.47 Å². The zero-order valence-corrected chi connectivity index (χ0v) is 14.7. The SMILES string of the molecule is CCOC(=O)c1c(C)[nH]c(C(=O)NCCCN2CCOCC2)c1C. The first-order valence-corrected chi connectivity index (χ1v) is 8.49. The van der Waals surface area contributed by atoms with Crippen molar-refractivity contribution in [2.24, 2.45) is 0 Å². The minimum absolute atomic E-state index is 0.187. The molecule has 0 saturated carbocycles. The molecule has 1 aromatic heterocycles. The van der Waals surface area contributed by atoms with Crippen LogP contribution >= 0.6 is 0 Å². The fourth-order valence-electron chi connectivity index (χ4n) is 2.90. The van der Waals surface area contributed by atoms with Crippen molar-refractivity contribution in [2.75, 3.05) is 46.0 Å². The van der Waals surface area contributed by atoms with Gasteiger partial charge in [0.15, 0.2) is 0 Å². The van der Waals surface area contributed by atoms with Gasteiger partial charge >= 0.3 is 5.97 Å². The Morgan fingerprint density at radius 3 is 2.67 bits per heavy atom. The summed E-state index contributed by atoms with van der Waals surface area (Å²) in [6.07, 6.45) is 0.884. The topological polar surface area (TPSA) is 83.7 Å². The fraction of sp³-hybridized carbons (Fsp3) is 0.647. The first kappa shape index (κ1) is 18.5. The van der Waals surface area contributed by atoms with Gasteiger partial charge in [-0.2, -0.15) is 0 Å². The van der Waals surface area contributed by atoms with E-state index in [1.165, 1.54) is 0 Å². The summed E-state index contributed by atoms with van der Waals surface area (Å²) in [6, 6.07) is 0. The number of nitrogens with zero attached hydrogens (tertiary/aromatic N) is 1. The summed E-state index contributed by atoms with van der Waals surface area (Å²) >= 11 is 0. The van der Waals surface area contributed by atoms with Crippen LogP contribution in [0.3, 0.4) is 0 Å². The van der Waals surface area contributed by atoms with E-state index >= 15 is 0 Å². The molecule has 2 rings (SSSR count). The Morgan fingerprint density at radius 2 is 2.00 bits per heavy atom. The third-order valence-corrected chi connectivity index (χ3v) is 4.18. The molecule has 1 aromatic rings. The Kier molecular flexibility index (Phi) is 6.81. The van der Waals surface area contributed by atoms with Gasteiger partial charge in [0, 0.05) is 25.3 Å². The molecule has 0 spiro atoms. The van der Waals surface area contributed by atoms with Crippen molar-refractivity contribution in [1.82, 2.24) is 15.2 Å². The summed E-state index contributed by atoms with van der Waals surface area (Å²) in [6.45, 7) is 10.6. The normalized spacial score (nSPS) is 15.3. The number of hydrogen-bond donors (Lipinski definition) is 2. The van der Waals surface area contributed by atoms with E-state index in [1.807, 2.05) is 0 Å². The summed E-state index contributed by atoms with van der Waals surface area (Å²) < 4.78 is 10.4. The van der Waals surface area contributed by atoms with Gasteiger partial charge in [0.1, 0.15) is 5.69 Å². The van der Waals surface area contributed by atoms with Crippen molar-refractivity contribution in [1.29, 1.82) is 0 Å². The van der Waals surface area contributed by atoms with Gasteiger partial charge < -0.3 is 19.8 Å². The molecule has 24 heavy (non-hydrogen) atoms. The van der Waals surface area contributed by atoms with Crippen LogP contribution in [0.25, 0.3) is 0 Å². The van der Waals surface area contributed by atoms with Crippen LogP contribution in [0.15, 0.2) is 0 Å². The molecule has 134 valence electrons. The van der Waals surface area contributed by atoms with Crippen LogP contribution in [0.4, 0.5) is 0 Å². The predicted octanol–water partition coefficient (Wildman–Crippen LogP) is 1.26. The quantitative estimate of drug-likeness (QED) is 0.578. The number of H-pyrrole nitrogens is 1. The van der Waals surface area contributed by atoms with E-state index in [0.717, 1.165) is 39.3 Å². The summed E-state index contributed by atoms with van der Waals surface area (Å²) in [4.78, 5) is 29.6. The van der Waals surface area contributed by atoms with E-state index in [0.29, 0.717) is 35.7 Å². The summed E-state index contributed by atoms with van der Waals surface area (Å²) in [7, 11) is 0. The average molecular weight is 337 g/mol. The number of carbonyl (C=O) groups is 2. The zero-order chi connectivity index (χ0) is 17.5. The second-order valence-corrected chi connectivity index (χ2v) is 5.91. The molecule has 1 fully saturated rings. The number of rotatable bonds is 7. The van der Waals surface area contributed by atoms with Crippen LogP contribution in [0, 0.1) is 13.8 Å². The van der Waals surface area contributed by atoms with Crippen molar-refractivity contribution < 1.29 is 19.1 Å². The first-order chi connectivity index (χ1) is 11.5. The monoisotopic (exact) mass is 337 g/mol. The lowest BCUT2D eigenvalue weighted by Crippen LogP contribution is -2.38. The lowest BCUT2D eigenvalue weighted by molar-refractivity contribution is 0.0374. The van der Waals surface area contributed by atoms with Crippen LogP contribution < -0.4 is 5.32 Å². The van der Waals surface area contributed by atoms with Crippen molar-refractivity contribution >= 4 is 11.9 Å². The Hall–Kier alpha value is -1.86. The van der Waals surface area contributed by atoms with Crippen LogP contribution in [0.5, 0.6) is 0 Å². The molecular formula is C17H27N3O4. The number of ether oxygens (including phenoxy) is 2. The predicted molar refractivity (Wildman–Crippen MR) is 90.4 cm³/mol. The number of aryl methyl sites for hydroxylation is 1. The highest BCUT2D eigenvalue weighted by atomic mass is 16.5. The second-order valence-electron chi connectivity index (χ2n) is 5.91. The van der Waals surface area contributed by atoms with Gasteiger partial charge in [0.25, 0.3) is 5.91 Å². The maximum Gasteiger partial charge on any atom is 0.340 e. The molecule has 1 saturated heterocycles. The Bertz CT molecular complexity index is 577. The van der Waals surface area contributed by atoms with Crippen molar-refractivity contribution in [3.8, 4) is 0 Å². The van der Waals surface area contributed by atoms with E-state index in [-0.39, 0.29) is 5.91 Å². The van der Waals surface area contributed by atoms with Gasteiger partial charge in [0.05, 0.1) is 25.4 Å². The molecule has 0 unspecified atom stereocenters. The molecule has 0 aliphatic carbocycles. The van der Waals surface area contributed by atoms with Crippen molar-refractivity contribution in [3.05, 3.63) is 22.5 Å². The highest BCUT2D eigenvalue weighted by Gasteiger charge is 2.22. The minimum atomic E-state index is -0.393. The standard InChI is InChI=1S/C17H27N3O4/c1-4-24-17(22)14-12(2)15(19-13(14)3)16(21)18-6-5-7-20-8-10-23-11-9-20/h19H,4-11H2,1-3H3,(H,18,21). The van der Waals surface area contributed by atoms with E-state index in [9.17, 15) is 9.59 Å². The smallest absolute Gasteiger partial charge is 0.340 e. The molecule has 1 aliphatic rings. The van der Waals surface area contributed by atoms with Gasteiger partial charge in [-0.1, -0.05) is 0 Å². The van der Waals surface area contributed by atoms with Crippen LogP contribution in [-0.4, -0.2) is 67.8 Å². The maximum absolute atomic E-state index is 12.3. The largest absolute Gasteiger partial charge is 0.462 e. The summed E-state index contributed by atoms with van der Waals surface area (Å²) in [5, 5.41) is 2.91. The van der Waals surface area contributed by atoms with E-state index < -0.39 is 5.97 Å². The molecule has 1 amide bonds. The highest BCUT2D eigenvalue weighted by Crippen LogP contribution is 2.19. The van der Waals surface area contributed by atoms with E-state index in [1.54, 1.807) is 20.8 Å². The molecule has 0 radical (unpaired) electrons. The Morgan fingerprint density at radius 1 is 1.29 bits per heavy atom. The zero-order valence-electron chi connectivity index (χ0n) is 14.7. The van der Waals surface area contributed by atoms with Gasteiger partial charge in [-0.3, -0.25) is 9.69 Å². The van der Waals surface area contributed by atoms with Crippen molar-refractivity contribution in [3.63, 3.8) is 0 Å². The molecule has 0 aromatic carbocycles. The molecule has 0 bridgehead atoms. The number of nitrogens with one attached hydrogen (secondary N) is 2. The van der Waals surface area contributed by atoms with Crippen LogP contribution in [0.2, 0.25) is 0 Å². The number of esters is 1. The molecule has 7 heteroatoms. The average Bonchev–Trinajstić information content (AvgIpc) is 2.87. The fourth-order valence-corrected chi connectivity index (χ4v) is 2.90. The molecular weight excluding hydrogens is 310 g/mol. The Balaban J connectivity index is 1.85. The number of aromatic amines is 1. The van der Waals surface area contributed by atoms with Gasteiger partial charge in [-0.15, -0.1) is 0 Å². The minimum Gasteiger partial charge on any atom is -0.462 e. The van der Waals surface area contributed by atoms with E-state index in [2.05, 4.69) is 15.2 Å². The number of carbonyl (C=O) groups excluding carboxylic acids is 2. The number of hydrogen-bond acceptors (Lipinski definition) is 5. The Labute approximate surface area is 142 Å². The van der Waals surface area contributed by atoms with Crippen molar-refractivity contribution in [2.45, 2.75) is 27.2 Å². The number of amides is 1. The lowest BCUT2D eigenvalue weighted by Gasteiger charge is -2.26. The third-order valence-electron chi connectivity index (χ3n) is 4.18. The highest BCUT2D eigenvalue weighted by molar-refractivity contribution is 6.00. The summed E-state index contributed by atoms with van der Waals surface area (Å²) in [5.41, 5.74) is 2.18. The number of aromatic nitrogens is 1. The van der Waals surface area contributed by atoms with Gasteiger partial charge in [-0.25, -0.2) is 4.79 Å². The summed E-state index contributed by atoms with van der Waals surface area (Å²) in [5.74, 6) is -0.580. The van der Waals surface area contributed by atoms with Crippen LogP contribution in [-0.2, 0) is 9.47 Å². The first-order valence-electron chi connectivity index (χ1n) is 8.49. The molecule has 1 aliphatic heterocycles.